The van der Waals surface area contributed by atoms with Crippen molar-refractivity contribution in [1.82, 2.24) is 9.55 Å². The van der Waals surface area contributed by atoms with E-state index in [0.29, 0.717) is 25.4 Å². The van der Waals surface area contributed by atoms with E-state index in [1.807, 2.05) is 6.07 Å². The molecule has 0 bridgehead atoms. The van der Waals surface area contributed by atoms with Crippen LogP contribution in [0.2, 0.25) is 0 Å². The predicted octanol–water partition coefficient (Wildman–Crippen LogP) is 3.32. The summed E-state index contributed by atoms with van der Waals surface area (Å²) in [5.41, 5.74) is 1.91. The number of aryl methyl sites for hydroxylation is 2. The number of rotatable bonds is 5. The van der Waals surface area contributed by atoms with Crippen LogP contribution in [-0.2, 0) is 30.5 Å². The highest BCUT2D eigenvalue weighted by atomic mass is 32.1. The van der Waals surface area contributed by atoms with Gasteiger partial charge < -0.3 is 4.74 Å². The summed E-state index contributed by atoms with van der Waals surface area (Å²) in [5.74, 6) is 0.401. The van der Waals surface area contributed by atoms with Crippen LogP contribution in [0, 0.1) is 5.82 Å². The minimum absolute atomic E-state index is 0.0141. The number of benzene rings is 1. The van der Waals surface area contributed by atoms with E-state index < -0.39 is 0 Å². The Balaban J connectivity index is 1.87. The highest BCUT2D eigenvalue weighted by molar-refractivity contribution is 7.18. The van der Waals surface area contributed by atoms with Crippen LogP contribution in [0.1, 0.15) is 28.2 Å². The van der Waals surface area contributed by atoms with Gasteiger partial charge >= 0.3 is 0 Å². The lowest BCUT2D eigenvalue weighted by atomic mass is 10.2. The number of halogens is 1. The molecule has 0 aliphatic heterocycles. The Morgan fingerprint density at radius 2 is 2.24 bits per heavy atom. The van der Waals surface area contributed by atoms with Gasteiger partial charge in [0, 0.05) is 18.4 Å². The second-order valence-electron chi connectivity index (χ2n) is 6.33. The van der Waals surface area contributed by atoms with Crippen molar-refractivity contribution >= 4 is 21.6 Å². The van der Waals surface area contributed by atoms with Crippen LogP contribution < -0.4 is 5.56 Å². The molecule has 130 valence electrons. The molecule has 2 aromatic heterocycles. The van der Waals surface area contributed by atoms with E-state index in [1.165, 1.54) is 22.6 Å². The van der Waals surface area contributed by atoms with Gasteiger partial charge in [-0.1, -0.05) is 12.1 Å². The van der Waals surface area contributed by atoms with Gasteiger partial charge in [-0.25, -0.2) is 9.37 Å². The minimum atomic E-state index is -0.297. The van der Waals surface area contributed by atoms with Crippen molar-refractivity contribution in [2.75, 3.05) is 13.7 Å². The van der Waals surface area contributed by atoms with E-state index in [9.17, 15) is 9.18 Å². The second-order valence-corrected chi connectivity index (χ2v) is 7.41. The fourth-order valence-corrected chi connectivity index (χ4v) is 4.75. The maximum atomic E-state index is 13.5. The van der Waals surface area contributed by atoms with Gasteiger partial charge in [0.15, 0.2) is 0 Å². The van der Waals surface area contributed by atoms with Crippen LogP contribution in [0.3, 0.4) is 0 Å². The van der Waals surface area contributed by atoms with Crippen molar-refractivity contribution in [2.45, 2.75) is 32.2 Å². The van der Waals surface area contributed by atoms with Crippen molar-refractivity contribution in [3.63, 3.8) is 0 Å². The van der Waals surface area contributed by atoms with Gasteiger partial charge in [-0.2, -0.15) is 0 Å². The average molecular weight is 358 g/mol. The fourth-order valence-electron chi connectivity index (χ4n) is 3.48. The molecule has 0 saturated carbocycles. The first-order chi connectivity index (χ1) is 12.2. The summed E-state index contributed by atoms with van der Waals surface area (Å²) in [7, 11) is 1.63. The predicted molar refractivity (Wildman–Crippen MR) is 97.0 cm³/mol. The number of fused-ring (bicyclic) bond motifs is 3. The fraction of sp³-hybridized carbons (Fsp3) is 0.368. The lowest BCUT2D eigenvalue weighted by Crippen LogP contribution is -2.26. The first-order valence-corrected chi connectivity index (χ1v) is 9.26. The maximum absolute atomic E-state index is 13.5. The molecule has 25 heavy (non-hydrogen) atoms. The van der Waals surface area contributed by atoms with E-state index in [1.54, 1.807) is 29.1 Å². The third-order valence-electron chi connectivity index (χ3n) is 4.66. The number of ether oxygens (including phenoxy) is 1. The zero-order valence-electron chi connectivity index (χ0n) is 14.0. The number of aromatic nitrogens is 2. The molecular formula is C19H19FN2O2S. The number of thiophene rings is 1. The Kier molecular flexibility index (Phi) is 4.39. The molecule has 0 saturated heterocycles. The van der Waals surface area contributed by atoms with Gasteiger partial charge in [-0.15, -0.1) is 11.3 Å². The molecular weight excluding hydrogens is 339 g/mol. The van der Waals surface area contributed by atoms with E-state index >= 15 is 0 Å². The SMILES string of the molecule is COCCc1nc2sc3c(c2c(=O)n1Cc1cccc(F)c1)CCC3. The van der Waals surface area contributed by atoms with Crippen molar-refractivity contribution in [2.24, 2.45) is 0 Å². The second kappa shape index (κ2) is 6.69. The molecule has 2 heterocycles. The van der Waals surface area contributed by atoms with Crippen LogP contribution in [-0.4, -0.2) is 23.3 Å². The highest BCUT2D eigenvalue weighted by Gasteiger charge is 2.23. The summed E-state index contributed by atoms with van der Waals surface area (Å²) in [5, 5.41) is 0.759. The van der Waals surface area contributed by atoms with Crippen LogP contribution in [0.15, 0.2) is 29.1 Å². The molecule has 0 fully saturated rings. The molecule has 0 unspecified atom stereocenters. The van der Waals surface area contributed by atoms with Crippen LogP contribution in [0.25, 0.3) is 10.2 Å². The molecule has 0 amide bonds. The normalized spacial score (nSPS) is 13.5. The van der Waals surface area contributed by atoms with Gasteiger partial charge in [0.25, 0.3) is 5.56 Å². The quantitative estimate of drug-likeness (QED) is 0.703. The van der Waals surface area contributed by atoms with Crippen molar-refractivity contribution < 1.29 is 9.13 Å². The summed E-state index contributed by atoms with van der Waals surface area (Å²) in [6, 6.07) is 6.37. The summed E-state index contributed by atoms with van der Waals surface area (Å²) in [6.45, 7) is 0.815. The third kappa shape index (κ3) is 3.00. The van der Waals surface area contributed by atoms with Gasteiger partial charge in [0.2, 0.25) is 0 Å². The van der Waals surface area contributed by atoms with Gasteiger partial charge in [-0.3, -0.25) is 9.36 Å². The minimum Gasteiger partial charge on any atom is -0.384 e. The van der Waals surface area contributed by atoms with Crippen LogP contribution >= 0.6 is 11.3 Å². The zero-order valence-corrected chi connectivity index (χ0v) is 14.9. The Hall–Kier alpha value is -2.05. The third-order valence-corrected chi connectivity index (χ3v) is 5.85. The summed E-state index contributed by atoms with van der Waals surface area (Å²) in [4.78, 5) is 20.1. The largest absolute Gasteiger partial charge is 0.384 e. The molecule has 1 aromatic carbocycles. The molecule has 1 aliphatic rings. The van der Waals surface area contributed by atoms with Crippen molar-refractivity contribution in [3.05, 3.63) is 62.3 Å². The lowest BCUT2D eigenvalue weighted by Gasteiger charge is -2.13. The lowest BCUT2D eigenvalue weighted by molar-refractivity contribution is 0.199. The first-order valence-electron chi connectivity index (χ1n) is 8.44. The van der Waals surface area contributed by atoms with E-state index in [4.69, 9.17) is 9.72 Å². The monoisotopic (exact) mass is 358 g/mol. The molecule has 0 radical (unpaired) electrons. The number of hydrogen-bond acceptors (Lipinski definition) is 4. The molecule has 1 aliphatic carbocycles. The van der Waals surface area contributed by atoms with Gasteiger partial charge in [0.1, 0.15) is 16.5 Å². The molecule has 0 N–H and O–H groups in total. The maximum Gasteiger partial charge on any atom is 0.262 e. The van der Waals surface area contributed by atoms with E-state index in [-0.39, 0.29) is 11.4 Å². The topological polar surface area (TPSA) is 44.1 Å². The van der Waals surface area contributed by atoms with Gasteiger partial charge in [-0.05, 0) is 42.5 Å². The van der Waals surface area contributed by atoms with Crippen molar-refractivity contribution in [1.29, 1.82) is 0 Å². The summed E-state index contributed by atoms with van der Waals surface area (Å²) >= 11 is 1.64. The smallest absolute Gasteiger partial charge is 0.262 e. The van der Waals surface area contributed by atoms with Gasteiger partial charge in [0.05, 0.1) is 18.5 Å². The highest BCUT2D eigenvalue weighted by Crippen LogP contribution is 2.34. The number of nitrogens with zero attached hydrogens (tertiary/aromatic N) is 2. The molecule has 4 rings (SSSR count). The van der Waals surface area contributed by atoms with Crippen LogP contribution in [0.4, 0.5) is 4.39 Å². The number of hydrogen-bond donors (Lipinski definition) is 0. The molecule has 4 nitrogen and oxygen atoms in total. The van der Waals surface area contributed by atoms with Crippen LogP contribution in [0.5, 0.6) is 0 Å². The Morgan fingerprint density at radius 3 is 3.04 bits per heavy atom. The summed E-state index contributed by atoms with van der Waals surface area (Å²) in [6.07, 6.45) is 3.64. The number of methoxy groups -OCH3 is 1. The molecule has 0 atom stereocenters. The molecule has 3 aromatic rings. The Labute approximate surface area is 148 Å². The Morgan fingerprint density at radius 1 is 1.36 bits per heavy atom. The first kappa shape index (κ1) is 16.4. The average Bonchev–Trinajstić information content (AvgIpc) is 3.16. The van der Waals surface area contributed by atoms with Crippen molar-refractivity contribution in [3.8, 4) is 0 Å². The molecule has 0 spiro atoms. The zero-order chi connectivity index (χ0) is 17.4. The van der Waals surface area contributed by atoms with E-state index in [2.05, 4.69) is 0 Å². The van der Waals surface area contributed by atoms with E-state index in [0.717, 1.165) is 35.0 Å². The Bertz CT molecular complexity index is 993. The molecule has 6 heteroatoms. The summed E-state index contributed by atoms with van der Waals surface area (Å²) < 4.78 is 20.4. The standard InChI is InChI=1S/C19H19FN2O2S/c1-24-9-8-16-21-18-17(14-6-3-7-15(14)25-18)19(23)22(16)11-12-4-2-5-13(20)10-12/h2,4-5,10H,3,6-9,11H2,1H3.